The minimum Gasteiger partial charge on any atom is -0.497 e. The molecule has 0 unspecified atom stereocenters. The molecule has 84 valence electrons. The van der Waals surface area contributed by atoms with Crippen LogP contribution in [0.1, 0.15) is 4.88 Å². The van der Waals surface area contributed by atoms with Crippen molar-refractivity contribution >= 4 is 27.3 Å². The van der Waals surface area contributed by atoms with Gasteiger partial charge in [-0.2, -0.15) is 0 Å². The SMILES string of the molecule is COc1ccc(OCc2cnc(Br)s2)cc1. The molecule has 3 nitrogen and oxygen atoms in total. The number of ether oxygens (including phenoxy) is 2. The highest BCUT2D eigenvalue weighted by Gasteiger charge is 2.00. The van der Waals surface area contributed by atoms with Crippen LogP contribution in [0.25, 0.3) is 0 Å². The van der Waals surface area contributed by atoms with E-state index in [9.17, 15) is 0 Å². The van der Waals surface area contributed by atoms with E-state index in [1.54, 1.807) is 24.6 Å². The van der Waals surface area contributed by atoms with Crippen LogP contribution in [0.5, 0.6) is 11.5 Å². The van der Waals surface area contributed by atoms with Crippen LogP contribution >= 0.6 is 27.3 Å². The molecule has 0 bridgehead atoms. The Hall–Kier alpha value is -1.07. The molecular weight excluding hydrogens is 290 g/mol. The molecule has 1 aromatic carbocycles. The molecule has 0 aliphatic carbocycles. The van der Waals surface area contributed by atoms with Gasteiger partial charge in [0.1, 0.15) is 18.1 Å². The zero-order valence-electron chi connectivity index (χ0n) is 8.64. The first-order chi connectivity index (χ1) is 7.78. The maximum Gasteiger partial charge on any atom is 0.159 e. The van der Waals surface area contributed by atoms with E-state index >= 15 is 0 Å². The Morgan fingerprint density at radius 2 is 1.94 bits per heavy atom. The Morgan fingerprint density at radius 3 is 2.50 bits per heavy atom. The van der Waals surface area contributed by atoms with Crippen molar-refractivity contribution < 1.29 is 9.47 Å². The average molecular weight is 300 g/mol. The van der Waals surface area contributed by atoms with Crippen molar-refractivity contribution in [1.29, 1.82) is 0 Å². The highest BCUT2D eigenvalue weighted by atomic mass is 79.9. The number of halogens is 1. The number of hydrogen-bond acceptors (Lipinski definition) is 4. The molecule has 0 fully saturated rings. The fourth-order valence-corrected chi connectivity index (χ4v) is 2.45. The second-order valence-corrected chi connectivity index (χ2v) is 5.43. The smallest absolute Gasteiger partial charge is 0.159 e. The number of methoxy groups -OCH3 is 1. The second kappa shape index (κ2) is 5.32. The van der Waals surface area contributed by atoms with E-state index < -0.39 is 0 Å². The molecule has 0 spiro atoms. The third-order valence-corrected chi connectivity index (χ3v) is 3.42. The fourth-order valence-electron chi connectivity index (χ4n) is 1.18. The van der Waals surface area contributed by atoms with E-state index in [1.807, 2.05) is 24.3 Å². The van der Waals surface area contributed by atoms with E-state index in [0.717, 1.165) is 20.3 Å². The maximum absolute atomic E-state index is 5.60. The van der Waals surface area contributed by atoms with E-state index in [1.165, 1.54) is 0 Å². The van der Waals surface area contributed by atoms with Crippen molar-refractivity contribution in [1.82, 2.24) is 4.98 Å². The van der Waals surface area contributed by atoms with E-state index in [4.69, 9.17) is 9.47 Å². The van der Waals surface area contributed by atoms with Gasteiger partial charge < -0.3 is 9.47 Å². The Balaban J connectivity index is 1.94. The number of thiazole rings is 1. The summed E-state index contributed by atoms with van der Waals surface area (Å²) < 4.78 is 11.5. The molecule has 1 heterocycles. The van der Waals surface area contributed by atoms with Gasteiger partial charge in [0.25, 0.3) is 0 Å². The normalized spacial score (nSPS) is 10.1. The zero-order chi connectivity index (χ0) is 11.4. The lowest BCUT2D eigenvalue weighted by molar-refractivity contribution is 0.309. The van der Waals surface area contributed by atoms with Gasteiger partial charge in [-0.05, 0) is 40.2 Å². The molecule has 2 aromatic rings. The Bertz CT molecular complexity index is 455. The number of hydrogen-bond donors (Lipinski definition) is 0. The van der Waals surface area contributed by atoms with Gasteiger partial charge >= 0.3 is 0 Å². The Morgan fingerprint density at radius 1 is 1.25 bits per heavy atom. The molecule has 0 N–H and O–H groups in total. The summed E-state index contributed by atoms with van der Waals surface area (Å²) >= 11 is 4.88. The van der Waals surface area contributed by atoms with E-state index in [0.29, 0.717) is 6.61 Å². The third kappa shape index (κ3) is 2.96. The summed E-state index contributed by atoms with van der Waals surface area (Å²) in [5.74, 6) is 1.65. The molecule has 0 saturated carbocycles. The van der Waals surface area contributed by atoms with Gasteiger partial charge in [0.05, 0.1) is 12.0 Å². The first kappa shape index (κ1) is 11.4. The first-order valence-corrected chi connectivity index (χ1v) is 6.26. The largest absolute Gasteiger partial charge is 0.497 e. The zero-order valence-corrected chi connectivity index (χ0v) is 11.0. The van der Waals surface area contributed by atoms with E-state index in [2.05, 4.69) is 20.9 Å². The molecule has 5 heteroatoms. The van der Waals surface area contributed by atoms with Gasteiger partial charge in [-0.25, -0.2) is 4.98 Å². The number of aromatic nitrogens is 1. The minimum atomic E-state index is 0.537. The second-order valence-electron chi connectivity index (χ2n) is 3.04. The Kier molecular flexibility index (Phi) is 3.79. The lowest BCUT2D eigenvalue weighted by Gasteiger charge is -2.05. The molecule has 2 rings (SSSR count). The molecule has 0 aliphatic heterocycles. The molecule has 0 saturated heterocycles. The molecular formula is C11H10BrNO2S. The minimum absolute atomic E-state index is 0.537. The summed E-state index contributed by atoms with van der Waals surface area (Å²) in [6.07, 6.45) is 1.80. The lowest BCUT2D eigenvalue weighted by Crippen LogP contribution is -1.92. The monoisotopic (exact) mass is 299 g/mol. The van der Waals surface area contributed by atoms with Gasteiger partial charge in [0.15, 0.2) is 3.92 Å². The Labute approximate surface area is 106 Å². The van der Waals surface area contributed by atoms with Crippen molar-refractivity contribution in [3.63, 3.8) is 0 Å². The van der Waals surface area contributed by atoms with Gasteiger partial charge in [-0.3, -0.25) is 0 Å². The highest BCUT2D eigenvalue weighted by molar-refractivity contribution is 9.11. The van der Waals surface area contributed by atoms with Crippen molar-refractivity contribution in [2.45, 2.75) is 6.61 Å². The van der Waals surface area contributed by atoms with Gasteiger partial charge in [-0.15, -0.1) is 11.3 Å². The topological polar surface area (TPSA) is 31.4 Å². The van der Waals surface area contributed by atoms with Crippen LogP contribution in [0, 0.1) is 0 Å². The quantitative estimate of drug-likeness (QED) is 0.866. The summed E-state index contributed by atoms with van der Waals surface area (Å²) in [7, 11) is 1.64. The highest BCUT2D eigenvalue weighted by Crippen LogP contribution is 2.22. The summed E-state index contributed by atoms with van der Waals surface area (Å²) in [5, 5.41) is 0. The van der Waals surface area contributed by atoms with Crippen LogP contribution < -0.4 is 9.47 Å². The maximum atomic E-state index is 5.60. The lowest BCUT2D eigenvalue weighted by atomic mass is 10.3. The van der Waals surface area contributed by atoms with Crippen LogP contribution in [0.2, 0.25) is 0 Å². The molecule has 0 radical (unpaired) electrons. The third-order valence-electron chi connectivity index (χ3n) is 1.97. The number of benzene rings is 1. The van der Waals surface area contributed by atoms with Gasteiger partial charge in [0, 0.05) is 6.20 Å². The van der Waals surface area contributed by atoms with Crippen LogP contribution in [0.4, 0.5) is 0 Å². The molecule has 0 atom stereocenters. The van der Waals surface area contributed by atoms with Crippen LogP contribution in [-0.2, 0) is 6.61 Å². The summed E-state index contributed by atoms with van der Waals surface area (Å²) in [4.78, 5) is 5.18. The standard InChI is InChI=1S/C11H10BrNO2S/c1-14-8-2-4-9(5-3-8)15-7-10-6-13-11(12)16-10/h2-6H,7H2,1H3. The summed E-state index contributed by atoms with van der Waals surface area (Å²) in [6, 6.07) is 7.51. The first-order valence-electron chi connectivity index (χ1n) is 4.65. The van der Waals surface area contributed by atoms with Crippen molar-refractivity contribution in [2.24, 2.45) is 0 Å². The predicted octanol–water partition coefficient (Wildman–Crippen LogP) is 3.49. The van der Waals surface area contributed by atoms with Crippen LogP contribution in [0.3, 0.4) is 0 Å². The van der Waals surface area contributed by atoms with Crippen molar-refractivity contribution in [3.8, 4) is 11.5 Å². The predicted molar refractivity (Wildman–Crippen MR) is 67.1 cm³/mol. The van der Waals surface area contributed by atoms with Gasteiger partial charge in [0.2, 0.25) is 0 Å². The van der Waals surface area contributed by atoms with Crippen LogP contribution in [0.15, 0.2) is 34.4 Å². The number of nitrogens with zero attached hydrogens (tertiary/aromatic N) is 1. The fraction of sp³-hybridized carbons (Fsp3) is 0.182. The molecule has 16 heavy (non-hydrogen) atoms. The average Bonchev–Trinajstić information content (AvgIpc) is 2.73. The summed E-state index contributed by atoms with van der Waals surface area (Å²) in [6.45, 7) is 0.537. The van der Waals surface area contributed by atoms with Crippen molar-refractivity contribution in [3.05, 3.63) is 39.3 Å². The number of rotatable bonds is 4. The van der Waals surface area contributed by atoms with Crippen LogP contribution in [-0.4, -0.2) is 12.1 Å². The molecule has 0 aliphatic rings. The summed E-state index contributed by atoms with van der Waals surface area (Å²) in [5.41, 5.74) is 0. The molecule has 1 aromatic heterocycles. The van der Waals surface area contributed by atoms with Gasteiger partial charge in [-0.1, -0.05) is 0 Å². The van der Waals surface area contributed by atoms with Crippen molar-refractivity contribution in [2.75, 3.05) is 7.11 Å². The van der Waals surface area contributed by atoms with E-state index in [-0.39, 0.29) is 0 Å². The molecule has 0 amide bonds.